The molecule has 0 saturated heterocycles. The van der Waals surface area contributed by atoms with Crippen molar-refractivity contribution in [1.29, 1.82) is 0 Å². The summed E-state index contributed by atoms with van der Waals surface area (Å²) in [6.07, 6.45) is 0.528. The maximum Gasteiger partial charge on any atom is 0.162 e. The zero-order valence-electron chi connectivity index (χ0n) is 13.1. The molecule has 2 nitrogen and oxygen atoms in total. The van der Waals surface area contributed by atoms with Gasteiger partial charge >= 0.3 is 0 Å². The predicted octanol–water partition coefficient (Wildman–Crippen LogP) is 5.75. The summed E-state index contributed by atoms with van der Waals surface area (Å²) in [5, 5.41) is 0. The molecule has 0 saturated carbocycles. The standard InChI is InChI=1S/C21H19NO/c1-2-21(23)17-13-15-20(16-14-17)22(18-9-5-3-6-10-18)19-11-7-4-8-12-19/h3-16H,2H2,1H3. The number of ketones is 1. The lowest BCUT2D eigenvalue weighted by Gasteiger charge is -2.25. The van der Waals surface area contributed by atoms with Crippen molar-refractivity contribution in [2.24, 2.45) is 0 Å². The number of carbonyl (C=O) groups excluding carboxylic acids is 1. The van der Waals surface area contributed by atoms with Gasteiger partial charge in [-0.2, -0.15) is 0 Å². The lowest BCUT2D eigenvalue weighted by Crippen LogP contribution is -2.10. The molecule has 0 radical (unpaired) electrons. The zero-order chi connectivity index (χ0) is 16.1. The Morgan fingerprint density at radius 1 is 0.696 bits per heavy atom. The second-order valence-electron chi connectivity index (χ2n) is 5.33. The molecular formula is C21H19NO. The molecule has 0 aliphatic carbocycles. The summed E-state index contributed by atoms with van der Waals surface area (Å²) in [6.45, 7) is 1.89. The van der Waals surface area contributed by atoms with Gasteiger partial charge in [0, 0.05) is 29.0 Å². The maximum absolute atomic E-state index is 11.8. The highest BCUT2D eigenvalue weighted by Gasteiger charge is 2.12. The van der Waals surface area contributed by atoms with Gasteiger partial charge in [0.1, 0.15) is 0 Å². The highest BCUT2D eigenvalue weighted by molar-refractivity contribution is 5.96. The van der Waals surface area contributed by atoms with E-state index >= 15 is 0 Å². The van der Waals surface area contributed by atoms with Crippen molar-refractivity contribution < 1.29 is 4.79 Å². The minimum Gasteiger partial charge on any atom is -0.311 e. The van der Waals surface area contributed by atoms with Gasteiger partial charge in [0.25, 0.3) is 0 Å². The molecule has 114 valence electrons. The molecule has 0 bridgehead atoms. The molecule has 0 spiro atoms. The average Bonchev–Trinajstić information content (AvgIpc) is 2.64. The van der Waals surface area contributed by atoms with Crippen LogP contribution in [0.5, 0.6) is 0 Å². The molecule has 0 unspecified atom stereocenters. The SMILES string of the molecule is CCC(=O)c1ccc(N(c2ccccc2)c2ccccc2)cc1. The summed E-state index contributed by atoms with van der Waals surface area (Å²) in [6, 6.07) is 28.3. The van der Waals surface area contributed by atoms with Crippen molar-refractivity contribution in [1.82, 2.24) is 0 Å². The largest absolute Gasteiger partial charge is 0.311 e. The van der Waals surface area contributed by atoms with Crippen LogP contribution in [0, 0.1) is 0 Å². The van der Waals surface area contributed by atoms with Crippen LogP contribution < -0.4 is 4.90 Å². The average molecular weight is 301 g/mol. The third-order valence-electron chi connectivity index (χ3n) is 3.80. The van der Waals surface area contributed by atoms with Crippen LogP contribution in [-0.2, 0) is 0 Å². The van der Waals surface area contributed by atoms with E-state index in [1.807, 2.05) is 67.6 Å². The Hall–Kier alpha value is -2.87. The molecule has 3 rings (SSSR count). The third-order valence-corrected chi connectivity index (χ3v) is 3.80. The summed E-state index contributed by atoms with van der Waals surface area (Å²) in [5.74, 6) is 0.169. The molecule has 3 aromatic carbocycles. The minimum atomic E-state index is 0.169. The molecule has 0 aliphatic heterocycles. The first kappa shape index (κ1) is 15.0. The molecule has 0 N–H and O–H groups in total. The second-order valence-corrected chi connectivity index (χ2v) is 5.33. The van der Waals surface area contributed by atoms with E-state index in [0.717, 1.165) is 22.6 Å². The number of carbonyl (C=O) groups is 1. The Morgan fingerprint density at radius 3 is 1.57 bits per heavy atom. The first-order valence-electron chi connectivity index (χ1n) is 7.83. The first-order chi connectivity index (χ1) is 11.3. The van der Waals surface area contributed by atoms with Gasteiger partial charge in [0.05, 0.1) is 0 Å². The maximum atomic E-state index is 11.8. The van der Waals surface area contributed by atoms with E-state index in [2.05, 4.69) is 29.2 Å². The number of para-hydroxylation sites is 2. The molecule has 2 heteroatoms. The van der Waals surface area contributed by atoms with Gasteiger partial charge in [0.15, 0.2) is 5.78 Å². The summed E-state index contributed by atoms with van der Waals surface area (Å²) in [5.41, 5.74) is 3.98. The van der Waals surface area contributed by atoms with E-state index in [9.17, 15) is 4.79 Å². The Kier molecular flexibility index (Phi) is 4.53. The minimum absolute atomic E-state index is 0.169. The van der Waals surface area contributed by atoms with Crippen LogP contribution in [-0.4, -0.2) is 5.78 Å². The number of benzene rings is 3. The molecule has 0 aromatic heterocycles. The Labute approximate surface area is 137 Å². The molecule has 23 heavy (non-hydrogen) atoms. The van der Waals surface area contributed by atoms with Crippen molar-refractivity contribution in [3.8, 4) is 0 Å². The van der Waals surface area contributed by atoms with Gasteiger partial charge in [-0.3, -0.25) is 4.79 Å². The lowest BCUT2D eigenvalue weighted by molar-refractivity contribution is 0.0988. The fraction of sp³-hybridized carbons (Fsp3) is 0.0952. The van der Waals surface area contributed by atoms with E-state index in [-0.39, 0.29) is 5.78 Å². The van der Waals surface area contributed by atoms with E-state index < -0.39 is 0 Å². The highest BCUT2D eigenvalue weighted by Crippen LogP contribution is 2.34. The highest BCUT2D eigenvalue weighted by atomic mass is 16.1. The van der Waals surface area contributed by atoms with Crippen LogP contribution >= 0.6 is 0 Å². The Morgan fingerprint density at radius 2 is 1.13 bits per heavy atom. The van der Waals surface area contributed by atoms with Crippen molar-refractivity contribution >= 4 is 22.8 Å². The number of hydrogen-bond donors (Lipinski definition) is 0. The van der Waals surface area contributed by atoms with E-state index in [0.29, 0.717) is 6.42 Å². The van der Waals surface area contributed by atoms with Gasteiger partial charge in [-0.25, -0.2) is 0 Å². The number of anilines is 3. The van der Waals surface area contributed by atoms with E-state index in [1.54, 1.807) is 0 Å². The van der Waals surface area contributed by atoms with Crippen LogP contribution in [0.25, 0.3) is 0 Å². The van der Waals surface area contributed by atoms with Gasteiger partial charge in [-0.15, -0.1) is 0 Å². The fourth-order valence-corrected chi connectivity index (χ4v) is 2.60. The van der Waals surface area contributed by atoms with Gasteiger partial charge in [-0.05, 0) is 48.5 Å². The molecule has 0 fully saturated rings. The number of hydrogen-bond acceptors (Lipinski definition) is 2. The normalized spacial score (nSPS) is 10.3. The van der Waals surface area contributed by atoms with Crippen molar-refractivity contribution in [3.63, 3.8) is 0 Å². The smallest absolute Gasteiger partial charge is 0.162 e. The molecule has 0 aliphatic rings. The van der Waals surface area contributed by atoms with Crippen LogP contribution in [0.1, 0.15) is 23.7 Å². The molecule has 0 amide bonds. The van der Waals surface area contributed by atoms with Crippen molar-refractivity contribution in [3.05, 3.63) is 90.5 Å². The summed E-state index contributed by atoms with van der Waals surface area (Å²) in [4.78, 5) is 14.0. The molecule has 3 aromatic rings. The second kappa shape index (κ2) is 6.93. The fourth-order valence-electron chi connectivity index (χ4n) is 2.60. The summed E-state index contributed by atoms with van der Waals surface area (Å²) >= 11 is 0. The third kappa shape index (κ3) is 3.32. The summed E-state index contributed by atoms with van der Waals surface area (Å²) in [7, 11) is 0. The van der Waals surface area contributed by atoms with Gasteiger partial charge < -0.3 is 4.90 Å². The van der Waals surface area contributed by atoms with E-state index in [1.165, 1.54) is 0 Å². The van der Waals surface area contributed by atoms with Gasteiger partial charge in [0.2, 0.25) is 0 Å². The zero-order valence-corrected chi connectivity index (χ0v) is 13.1. The van der Waals surface area contributed by atoms with Crippen LogP contribution in [0.4, 0.5) is 17.1 Å². The van der Waals surface area contributed by atoms with Crippen LogP contribution in [0.15, 0.2) is 84.9 Å². The summed E-state index contributed by atoms with van der Waals surface area (Å²) < 4.78 is 0. The van der Waals surface area contributed by atoms with Crippen LogP contribution in [0.2, 0.25) is 0 Å². The quantitative estimate of drug-likeness (QED) is 0.559. The molecular weight excluding hydrogens is 282 g/mol. The topological polar surface area (TPSA) is 20.3 Å². The number of rotatable bonds is 5. The Balaban J connectivity index is 2.04. The molecule has 0 heterocycles. The molecule has 0 atom stereocenters. The predicted molar refractivity (Wildman–Crippen MR) is 95.7 cm³/mol. The van der Waals surface area contributed by atoms with Crippen LogP contribution in [0.3, 0.4) is 0 Å². The Bertz CT molecular complexity index is 724. The number of nitrogens with zero attached hydrogens (tertiary/aromatic N) is 1. The lowest BCUT2D eigenvalue weighted by atomic mass is 10.1. The monoisotopic (exact) mass is 301 g/mol. The van der Waals surface area contributed by atoms with Gasteiger partial charge in [-0.1, -0.05) is 43.3 Å². The first-order valence-corrected chi connectivity index (χ1v) is 7.83. The number of Topliss-reactive ketones (excluding diaryl/α,β-unsaturated/α-hetero) is 1. The van der Waals surface area contributed by atoms with Crippen molar-refractivity contribution in [2.75, 3.05) is 4.90 Å². The van der Waals surface area contributed by atoms with Crippen molar-refractivity contribution in [2.45, 2.75) is 13.3 Å². The van der Waals surface area contributed by atoms with E-state index in [4.69, 9.17) is 0 Å².